The third-order valence-electron chi connectivity index (χ3n) is 5.40. The van der Waals surface area contributed by atoms with Crippen LogP contribution in [0.2, 0.25) is 0 Å². The van der Waals surface area contributed by atoms with Crippen molar-refractivity contribution in [2.24, 2.45) is 0 Å². The molecule has 2 atom stereocenters. The number of amides is 1. The van der Waals surface area contributed by atoms with Crippen LogP contribution in [0.25, 0.3) is 0 Å². The fourth-order valence-corrected chi connectivity index (χ4v) is 3.64. The number of nitrogen functional groups attached to an aromatic ring is 1. The maximum absolute atomic E-state index is 12.3. The van der Waals surface area contributed by atoms with Crippen molar-refractivity contribution in [2.45, 2.75) is 38.3 Å². The molecule has 0 aliphatic heterocycles. The van der Waals surface area contributed by atoms with Gasteiger partial charge in [0.1, 0.15) is 11.6 Å². The van der Waals surface area contributed by atoms with E-state index in [2.05, 4.69) is 22.5 Å². The summed E-state index contributed by atoms with van der Waals surface area (Å²) in [5, 5.41) is 26.1. The van der Waals surface area contributed by atoms with E-state index in [1.807, 2.05) is 30.3 Å². The number of hydrogen-bond acceptors (Lipinski definition) is 6. The summed E-state index contributed by atoms with van der Waals surface area (Å²) in [7, 11) is 0. The molecule has 0 radical (unpaired) electrons. The first kappa shape index (κ1) is 24.2. The standard InChI is InChI=1S/C26H32N4O3/c1-18(29-17-24(32)22-8-9-25(27)30-16-22)12-20-5-2-6-21(13-20)15-26(33)28-11-10-19-4-3-7-23(31)14-19/h2-9,13-14,16,18,24,29,31-32H,10-12,15,17H2,1H3,(H2,27,30)(H,28,33)/t18-,24-/m1/s1. The molecule has 7 heteroatoms. The van der Waals surface area contributed by atoms with Crippen LogP contribution in [0.3, 0.4) is 0 Å². The van der Waals surface area contributed by atoms with Gasteiger partial charge in [-0.05, 0) is 54.7 Å². The zero-order valence-corrected chi connectivity index (χ0v) is 18.9. The molecule has 0 saturated heterocycles. The van der Waals surface area contributed by atoms with Crippen LogP contribution >= 0.6 is 0 Å². The van der Waals surface area contributed by atoms with E-state index in [1.54, 1.807) is 36.5 Å². The van der Waals surface area contributed by atoms with Gasteiger partial charge in [-0.2, -0.15) is 0 Å². The van der Waals surface area contributed by atoms with E-state index < -0.39 is 6.10 Å². The van der Waals surface area contributed by atoms with Crippen molar-refractivity contribution in [3.8, 4) is 5.75 Å². The minimum absolute atomic E-state index is 0.0290. The van der Waals surface area contributed by atoms with Gasteiger partial charge in [-0.3, -0.25) is 4.79 Å². The van der Waals surface area contributed by atoms with Gasteiger partial charge in [-0.15, -0.1) is 0 Å². The molecule has 0 fully saturated rings. The Hall–Kier alpha value is -3.42. The first-order valence-electron chi connectivity index (χ1n) is 11.1. The van der Waals surface area contributed by atoms with E-state index in [-0.39, 0.29) is 17.7 Å². The number of rotatable bonds is 11. The number of nitrogens with zero attached hydrogens (tertiary/aromatic N) is 1. The summed E-state index contributed by atoms with van der Waals surface area (Å²) in [6.07, 6.45) is 2.69. The lowest BCUT2D eigenvalue weighted by Gasteiger charge is -2.18. The van der Waals surface area contributed by atoms with Crippen LogP contribution in [0, 0.1) is 0 Å². The second-order valence-electron chi connectivity index (χ2n) is 8.31. The number of nitrogens with two attached hydrogens (primary N) is 1. The molecule has 0 aliphatic carbocycles. The Balaban J connectivity index is 1.42. The molecule has 1 aromatic heterocycles. The van der Waals surface area contributed by atoms with Gasteiger partial charge in [0, 0.05) is 30.9 Å². The topological polar surface area (TPSA) is 120 Å². The predicted molar refractivity (Wildman–Crippen MR) is 130 cm³/mol. The number of pyridine rings is 1. The zero-order valence-electron chi connectivity index (χ0n) is 18.9. The minimum atomic E-state index is -0.657. The molecule has 0 spiro atoms. The van der Waals surface area contributed by atoms with Crippen molar-refractivity contribution in [1.29, 1.82) is 0 Å². The van der Waals surface area contributed by atoms with Gasteiger partial charge >= 0.3 is 0 Å². The Labute approximate surface area is 194 Å². The van der Waals surface area contributed by atoms with Gasteiger partial charge in [-0.25, -0.2) is 4.98 Å². The molecule has 1 amide bonds. The number of phenols is 1. The number of aliphatic hydroxyl groups is 1. The van der Waals surface area contributed by atoms with Gasteiger partial charge in [0.2, 0.25) is 5.91 Å². The smallest absolute Gasteiger partial charge is 0.224 e. The molecule has 0 bridgehead atoms. The molecule has 174 valence electrons. The molecule has 3 aromatic rings. The molecule has 1 heterocycles. The highest BCUT2D eigenvalue weighted by atomic mass is 16.3. The number of aromatic nitrogens is 1. The quantitative estimate of drug-likeness (QED) is 0.307. The van der Waals surface area contributed by atoms with E-state index >= 15 is 0 Å². The number of carbonyl (C=O) groups is 1. The molecule has 6 N–H and O–H groups in total. The second-order valence-corrected chi connectivity index (χ2v) is 8.31. The van der Waals surface area contributed by atoms with Crippen LogP contribution in [0.1, 0.15) is 35.3 Å². The van der Waals surface area contributed by atoms with Crippen LogP contribution < -0.4 is 16.4 Å². The predicted octanol–water partition coefficient (Wildman–Crippen LogP) is 2.53. The lowest BCUT2D eigenvalue weighted by molar-refractivity contribution is -0.120. The first-order valence-corrected chi connectivity index (χ1v) is 11.1. The number of phenolic OH excluding ortho intramolecular Hbond substituents is 1. The van der Waals surface area contributed by atoms with Crippen LogP contribution in [0.4, 0.5) is 5.82 Å². The molecular formula is C26H32N4O3. The normalized spacial score (nSPS) is 12.8. The highest BCUT2D eigenvalue weighted by Crippen LogP contribution is 2.14. The van der Waals surface area contributed by atoms with Crippen LogP contribution in [0.15, 0.2) is 66.9 Å². The molecule has 7 nitrogen and oxygen atoms in total. The van der Waals surface area contributed by atoms with Crippen LogP contribution in [-0.2, 0) is 24.1 Å². The Morgan fingerprint density at radius 1 is 1.06 bits per heavy atom. The van der Waals surface area contributed by atoms with Crippen LogP contribution in [-0.4, -0.2) is 40.2 Å². The van der Waals surface area contributed by atoms with E-state index in [4.69, 9.17) is 5.73 Å². The summed E-state index contributed by atoms with van der Waals surface area (Å²) in [5.41, 5.74) is 9.38. The average molecular weight is 449 g/mol. The monoisotopic (exact) mass is 448 g/mol. The average Bonchev–Trinajstić information content (AvgIpc) is 2.78. The molecule has 0 aliphatic rings. The largest absolute Gasteiger partial charge is 0.508 e. The van der Waals surface area contributed by atoms with Crippen molar-refractivity contribution in [3.05, 3.63) is 89.1 Å². The number of carbonyl (C=O) groups excluding carboxylic acids is 1. The first-order chi connectivity index (χ1) is 15.9. The number of aliphatic hydroxyl groups excluding tert-OH is 1. The highest BCUT2D eigenvalue weighted by molar-refractivity contribution is 5.78. The van der Waals surface area contributed by atoms with E-state index in [0.717, 1.165) is 28.7 Å². The summed E-state index contributed by atoms with van der Waals surface area (Å²) in [4.78, 5) is 16.3. The maximum atomic E-state index is 12.3. The Morgan fingerprint density at radius 2 is 1.82 bits per heavy atom. The van der Waals surface area contributed by atoms with Crippen molar-refractivity contribution < 1.29 is 15.0 Å². The summed E-state index contributed by atoms with van der Waals surface area (Å²) in [6, 6.07) is 18.7. The fraction of sp³-hybridized carbons (Fsp3) is 0.308. The van der Waals surface area contributed by atoms with E-state index in [1.165, 1.54) is 0 Å². The molecule has 0 saturated carbocycles. The fourth-order valence-electron chi connectivity index (χ4n) is 3.64. The van der Waals surface area contributed by atoms with E-state index in [0.29, 0.717) is 31.7 Å². The number of aromatic hydroxyl groups is 1. The number of nitrogens with one attached hydrogen (secondary N) is 2. The molecule has 0 unspecified atom stereocenters. The molecule has 2 aromatic carbocycles. The molecule has 33 heavy (non-hydrogen) atoms. The summed E-state index contributed by atoms with van der Waals surface area (Å²) in [6.45, 7) is 3.00. The Kier molecular flexibility index (Phi) is 8.80. The lowest BCUT2D eigenvalue weighted by Crippen LogP contribution is -2.32. The van der Waals surface area contributed by atoms with Gasteiger partial charge in [0.15, 0.2) is 0 Å². The third-order valence-corrected chi connectivity index (χ3v) is 5.40. The van der Waals surface area contributed by atoms with Crippen molar-refractivity contribution in [1.82, 2.24) is 15.6 Å². The minimum Gasteiger partial charge on any atom is -0.508 e. The number of benzene rings is 2. The number of hydrogen-bond donors (Lipinski definition) is 5. The Bertz CT molecular complexity index is 1040. The number of anilines is 1. The van der Waals surface area contributed by atoms with Gasteiger partial charge in [-0.1, -0.05) is 42.5 Å². The third kappa shape index (κ3) is 8.21. The summed E-state index contributed by atoms with van der Waals surface area (Å²) < 4.78 is 0. The Morgan fingerprint density at radius 3 is 2.58 bits per heavy atom. The van der Waals surface area contributed by atoms with Crippen molar-refractivity contribution in [3.63, 3.8) is 0 Å². The van der Waals surface area contributed by atoms with E-state index in [9.17, 15) is 15.0 Å². The van der Waals surface area contributed by atoms with Crippen LogP contribution in [0.5, 0.6) is 5.75 Å². The van der Waals surface area contributed by atoms with Gasteiger partial charge in [0.05, 0.1) is 12.5 Å². The van der Waals surface area contributed by atoms with Gasteiger partial charge < -0.3 is 26.6 Å². The molecular weight excluding hydrogens is 416 g/mol. The zero-order chi connectivity index (χ0) is 23.6. The second kappa shape index (κ2) is 12.0. The lowest BCUT2D eigenvalue weighted by atomic mass is 10.0. The SMILES string of the molecule is C[C@H](Cc1cccc(CC(=O)NCCc2cccc(O)c2)c1)NC[C@@H](O)c1ccc(N)nc1. The summed E-state index contributed by atoms with van der Waals surface area (Å²) in [5.74, 6) is 0.632. The van der Waals surface area contributed by atoms with Crippen molar-refractivity contribution in [2.75, 3.05) is 18.8 Å². The van der Waals surface area contributed by atoms with Crippen molar-refractivity contribution >= 4 is 11.7 Å². The summed E-state index contributed by atoms with van der Waals surface area (Å²) >= 11 is 0. The van der Waals surface area contributed by atoms with Gasteiger partial charge in [0.25, 0.3) is 0 Å². The highest BCUT2D eigenvalue weighted by Gasteiger charge is 2.11. The molecule has 3 rings (SSSR count). The maximum Gasteiger partial charge on any atom is 0.224 e.